The zero-order chi connectivity index (χ0) is 19.7. The summed E-state index contributed by atoms with van der Waals surface area (Å²) >= 11 is 0. The average Bonchev–Trinajstić information content (AvgIpc) is 3.45. The van der Waals surface area contributed by atoms with E-state index in [1.165, 1.54) is 0 Å². The van der Waals surface area contributed by atoms with Gasteiger partial charge in [0.15, 0.2) is 0 Å². The molecule has 0 N–H and O–H groups in total. The van der Waals surface area contributed by atoms with Crippen molar-refractivity contribution in [2.75, 3.05) is 39.2 Å². The number of ether oxygens (including phenoxy) is 1. The van der Waals surface area contributed by atoms with Gasteiger partial charge in [0.2, 0.25) is 5.91 Å². The normalized spacial score (nSPS) is 18.7. The van der Waals surface area contributed by atoms with E-state index in [0.29, 0.717) is 30.6 Å². The van der Waals surface area contributed by atoms with E-state index in [9.17, 15) is 9.59 Å². The van der Waals surface area contributed by atoms with Crippen molar-refractivity contribution in [1.82, 2.24) is 9.80 Å². The van der Waals surface area contributed by atoms with Gasteiger partial charge in [-0.05, 0) is 37.0 Å². The first-order chi connectivity index (χ1) is 12.8. The molecular weight excluding hydrogens is 342 g/mol. The second kappa shape index (κ2) is 7.79. The summed E-state index contributed by atoms with van der Waals surface area (Å²) in [7, 11) is 5.46. The number of likely N-dealkylation sites (N-methyl/N-ethyl adjacent to an activating group) is 1. The molecule has 1 saturated carbocycles. The van der Waals surface area contributed by atoms with Crippen LogP contribution in [0.1, 0.15) is 43.5 Å². The summed E-state index contributed by atoms with van der Waals surface area (Å²) in [6.07, 6.45) is 2.67. The molecule has 0 bridgehead atoms. The molecule has 0 aromatic heterocycles. The first-order valence-electron chi connectivity index (χ1n) is 9.78. The molecule has 148 valence electrons. The van der Waals surface area contributed by atoms with Gasteiger partial charge in [0.25, 0.3) is 5.91 Å². The molecule has 6 nitrogen and oxygen atoms in total. The van der Waals surface area contributed by atoms with Crippen LogP contribution in [0, 0.1) is 5.92 Å². The quantitative estimate of drug-likeness (QED) is 0.769. The standard InChI is InChI=1S/C21H31N3O3/c1-14(2)12-24(16-7-8-16)20(25)11-17-13-27-19-9-6-15(21(26)22(3)4)10-18(19)23(17)5/h6,9-10,14,16-17H,7-8,11-13H2,1-5H3. The third-order valence-electron chi connectivity index (χ3n) is 5.25. The summed E-state index contributed by atoms with van der Waals surface area (Å²) in [4.78, 5) is 30.9. The minimum atomic E-state index is -0.0405. The molecule has 1 aliphatic heterocycles. The number of rotatable bonds is 6. The third-order valence-corrected chi connectivity index (χ3v) is 5.25. The van der Waals surface area contributed by atoms with E-state index >= 15 is 0 Å². The molecule has 1 unspecified atom stereocenters. The van der Waals surface area contributed by atoms with Gasteiger partial charge >= 0.3 is 0 Å². The molecule has 3 rings (SSSR count). The SMILES string of the molecule is CC(C)CN(C(=O)CC1COc2ccc(C(=O)N(C)C)cc2N1C)C1CC1. The number of carbonyl (C=O) groups excluding carboxylic acids is 2. The van der Waals surface area contributed by atoms with Crippen LogP contribution in [0.2, 0.25) is 0 Å². The number of hydrogen-bond acceptors (Lipinski definition) is 4. The van der Waals surface area contributed by atoms with E-state index in [2.05, 4.69) is 23.6 Å². The number of hydrogen-bond donors (Lipinski definition) is 0. The summed E-state index contributed by atoms with van der Waals surface area (Å²) < 4.78 is 5.90. The highest BCUT2D eigenvalue weighted by Gasteiger charge is 2.35. The lowest BCUT2D eigenvalue weighted by Crippen LogP contribution is -2.46. The van der Waals surface area contributed by atoms with E-state index in [1.54, 1.807) is 25.1 Å². The minimum absolute atomic E-state index is 0.0249. The highest BCUT2D eigenvalue weighted by Crippen LogP contribution is 2.35. The maximum absolute atomic E-state index is 12.9. The Balaban J connectivity index is 1.73. The van der Waals surface area contributed by atoms with Crippen molar-refractivity contribution < 1.29 is 14.3 Å². The molecule has 1 aromatic rings. The van der Waals surface area contributed by atoms with Crippen molar-refractivity contribution in [3.8, 4) is 5.75 Å². The first kappa shape index (κ1) is 19.5. The van der Waals surface area contributed by atoms with Crippen LogP contribution in [0.15, 0.2) is 18.2 Å². The summed E-state index contributed by atoms with van der Waals surface area (Å²) in [5.74, 6) is 1.39. The number of benzene rings is 1. The molecule has 1 fully saturated rings. The number of fused-ring (bicyclic) bond motifs is 1. The van der Waals surface area contributed by atoms with Crippen molar-refractivity contribution >= 4 is 17.5 Å². The molecule has 1 aliphatic carbocycles. The number of carbonyl (C=O) groups is 2. The van der Waals surface area contributed by atoms with Crippen LogP contribution in [-0.2, 0) is 4.79 Å². The lowest BCUT2D eigenvalue weighted by Gasteiger charge is -2.37. The fourth-order valence-corrected chi connectivity index (χ4v) is 3.55. The Bertz CT molecular complexity index is 713. The van der Waals surface area contributed by atoms with E-state index in [0.717, 1.165) is 30.8 Å². The highest BCUT2D eigenvalue weighted by molar-refractivity contribution is 5.95. The van der Waals surface area contributed by atoms with Crippen LogP contribution in [-0.4, -0.2) is 68.0 Å². The maximum atomic E-state index is 12.9. The summed E-state index contributed by atoms with van der Waals surface area (Å²) in [6.45, 7) is 5.60. The Labute approximate surface area is 162 Å². The largest absolute Gasteiger partial charge is 0.489 e. The van der Waals surface area contributed by atoms with Crippen molar-refractivity contribution in [3.05, 3.63) is 23.8 Å². The second-order valence-corrected chi connectivity index (χ2v) is 8.33. The molecule has 1 aromatic carbocycles. The molecule has 27 heavy (non-hydrogen) atoms. The topological polar surface area (TPSA) is 53.1 Å². The Hall–Kier alpha value is -2.24. The summed E-state index contributed by atoms with van der Waals surface area (Å²) in [5, 5.41) is 0. The molecule has 0 radical (unpaired) electrons. The van der Waals surface area contributed by atoms with Gasteiger partial charge in [0, 0.05) is 39.3 Å². The molecule has 6 heteroatoms. The lowest BCUT2D eigenvalue weighted by molar-refractivity contribution is -0.132. The van der Waals surface area contributed by atoms with Gasteiger partial charge in [-0.25, -0.2) is 0 Å². The fourth-order valence-electron chi connectivity index (χ4n) is 3.55. The molecule has 2 amide bonds. The van der Waals surface area contributed by atoms with Crippen LogP contribution in [0.4, 0.5) is 5.69 Å². The number of nitrogens with zero attached hydrogens (tertiary/aromatic N) is 3. The Morgan fingerprint density at radius 3 is 2.56 bits per heavy atom. The Morgan fingerprint density at radius 2 is 1.96 bits per heavy atom. The fraction of sp³-hybridized carbons (Fsp3) is 0.619. The van der Waals surface area contributed by atoms with Gasteiger partial charge in [-0.15, -0.1) is 0 Å². The zero-order valence-electron chi connectivity index (χ0n) is 17.1. The van der Waals surface area contributed by atoms with Gasteiger partial charge in [-0.1, -0.05) is 13.8 Å². The van der Waals surface area contributed by atoms with Crippen molar-refractivity contribution in [2.45, 2.75) is 45.2 Å². The van der Waals surface area contributed by atoms with Gasteiger partial charge in [-0.3, -0.25) is 9.59 Å². The Morgan fingerprint density at radius 1 is 1.26 bits per heavy atom. The molecular formula is C21H31N3O3. The maximum Gasteiger partial charge on any atom is 0.253 e. The highest BCUT2D eigenvalue weighted by atomic mass is 16.5. The predicted molar refractivity (Wildman–Crippen MR) is 106 cm³/mol. The predicted octanol–water partition coefficient (Wildman–Crippen LogP) is 2.62. The van der Waals surface area contributed by atoms with E-state index in [-0.39, 0.29) is 17.9 Å². The second-order valence-electron chi connectivity index (χ2n) is 8.33. The molecule has 1 heterocycles. The third kappa shape index (κ3) is 4.37. The van der Waals surface area contributed by atoms with E-state index in [4.69, 9.17) is 4.74 Å². The van der Waals surface area contributed by atoms with Gasteiger partial charge in [0.05, 0.1) is 18.2 Å². The van der Waals surface area contributed by atoms with Crippen LogP contribution in [0.25, 0.3) is 0 Å². The van der Waals surface area contributed by atoms with Crippen LogP contribution in [0.5, 0.6) is 5.75 Å². The first-order valence-corrected chi connectivity index (χ1v) is 9.78. The van der Waals surface area contributed by atoms with Crippen molar-refractivity contribution in [2.24, 2.45) is 5.92 Å². The summed E-state index contributed by atoms with van der Waals surface area (Å²) in [5.41, 5.74) is 1.49. The van der Waals surface area contributed by atoms with Crippen LogP contribution < -0.4 is 9.64 Å². The van der Waals surface area contributed by atoms with E-state index in [1.807, 2.05) is 19.2 Å². The van der Waals surface area contributed by atoms with Crippen LogP contribution >= 0.6 is 0 Å². The number of anilines is 1. The zero-order valence-corrected chi connectivity index (χ0v) is 17.1. The number of amides is 2. The van der Waals surface area contributed by atoms with Gasteiger partial charge < -0.3 is 19.4 Å². The molecule has 2 aliphatic rings. The minimum Gasteiger partial charge on any atom is -0.489 e. The van der Waals surface area contributed by atoms with Gasteiger partial charge in [0.1, 0.15) is 12.4 Å². The monoisotopic (exact) mass is 373 g/mol. The average molecular weight is 373 g/mol. The van der Waals surface area contributed by atoms with Crippen molar-refractivity contribution in [1.29, 1.82) is 0 Å². The smallest absolute Gasteiger partial charge is 0.253 e. The molecule has 1 atom stereocenters. The Kier molecular flexibility index (Phi) is 5.63. The summed E-state index contributed by atoms with van der Waals surface area (Å²) in [6, 6.07) is 5.89. The van der Waals surface area contributed by atoms with Crippen LogP contribution in [0.3, 0.4) is 0 Å². The van der Waals surface area contributed by atoms with E-state index < -0.39 is 0 Å². The van der Waals surface area contributed by atoms with Gasteiger partial charge in [-0.2, -0.15) is 0 Å². The molecule has 0 spiro atoms. The molecule has 0 saturated heterocycles. The lowest BCUT2D eigenvalue weighted by atomic mass is 10.1. The van der Waals surface area contributed by atoms with Crippen molar-refractivity contribution in [3.63, 3.8) is 0 Å².